The zero-order chi connectivity index (χ0) is 28.0. The molecule has 3 fully saturated rings. The van der Waals surface area contributed by atoms with E-state index in [4.69, 9.17) is 24.5 Å². The van der Waals surface area contributed by atoms with Gasteiger partial charge in [-0.1, -0.05) is 6.07 Å². The second-order valence-corrected chi connectivity index (χ2v) is 8.61. The van der Waals surface area contributed by atoms with Crippen LogP contribution in [0.1, 0.15) is 37.1 Å². The van der Waals surface area contributed by atoms with E-state index in [9.17, 15) is 31.1 Å². The smallest absolute Gasteiger partial charge is 0.475 e. The van der Waals surface area contributed by atoms with Crippen LogP contribution in [-0.2, 0) is 25.7 Å². The lowest BCUT2D eigenvalue weighted by atomic mass is 10.00. The van der Waals surface area contributed by atoms with Gasteiger partial charge in [0, 0.05) is 44.4 Å². The number of rotatable bonds is 3. The summed E-state index contributed by atoms with van der Waals surface area (Å²) in [5.74, 6) is -5.21. The number of pyridine rings is 1. The molecule has 37 heavy (non-hydrogen) atoms. The SMILES string of the molecule is Cc1cccc(CN2C[C@H](N3CCCC3=O)[C@@H]3OCCC[C@@H]32)n1.O=C(O)C(F)(F)F.O=C(O)C(F)(F)F. The number of hydrogen-bond donors (Lipinski definition) is 2. The quantitative estimate of drug-likeness (QED) is 0.559. The lowest BCUT2D eigenvalue weighted by Gasteiger charge is -2.34. The normalized spacial score (nSPS) is 23.9. The van der Waals surface area contributed by atoms with Crippen LogP contribution in [0.15, 0.2) is 18.2 Å². The number of likely N-dealkylation sites (tertiary alicyclic amines) is 2. The van der Waals surface area contributed by atoms with Crippen LogP contribution in [0.2, 0.25) is 0 Å². The summed E-state index contributed by atoms with van der Waals surface area (Å²) in [7, 11) is 0. The summed E-state index contributed by atoms with van der Waals surface area (Å²) in [5, 5.41) is 14.2. The van der Waals surface area contributed by atoms with E-state index in [1.165, 1.54) is 0 Å². The molecule has 0 radical (unpaired) electrons. The maximum absolute atomic E-state index is 12.2. The molecule has 4 heterocycles. The highest BCUT2D eigenvalue weighted by Gasteiger charge is 2.48. The summed E-state index contributed by atoms with van der Waals surface area (Å²) in [6.45, 7) is 5.52. The molecule has 3 saturated heterocycles. The van der Waals surface area contributed by atoms with Crippen LogP contribution in [-0.4, -0.2) is 93.1 Å². The van der Waals surface area contributed by atoms with Crippen LogP contribution in [0.25, 0.3) is 0 Å². The zero-order valence-corrected chi connectivity index (χ0v) is 19.8. The molecule has 15 heteroatoms. The van der Waals surface area contributed by atoms with Gasteiger partial charge in [-0.25, -0.2) is 9.59 Å². The summed E-state index contributed by atoms with van der Waals surface area (Å²) in [5.41, 5.74) is 2.17. The minimum absolute atomic E-state index is 0.176. The molecule has 0 spiro atoms. The highest BCUT2D eigenvalue weighted by molar-refractivity contribution is 5.78. The lowest BCUT2D eigenvalue weighted by Crippen LogP contribution is -2.48. The van der Waals surface area contributed by atoms with Crippen LogP contribution < -0.4 is 0 Å². The Morgan fingerprint density at radius 3 is 2.14 bits per heavy atom. The first kappa shape index (κ1) is 30.3. The third-order valence-corrected chi connectivity index (χ3v) is 5.91. The molecule has 3 aliphatic heterocycles. The third-order valence-electron chi connectivity index (χ3n) is 5.91. The van der Waals surface area contributed by atoms with Crippen molar-refractivity contribution >= 4 is 17.8 Å². The number of ether oxygens (including phenoxy) is 1. The van der Waals surface area contributed by atoms with Gasteiger partial charge >= 0.3 is 24.3 Å². The second kappa shape index (κ2) is 12.5. The van der Waals surface area contributed by atoms with Gasteiger partial charge in [-0.05, 0) is 38.3 Å². The van der Waals surface area contributed by atoms with Gasteiger partial charge in [0.25, 0.3) is 0 Å². The summed E-state index contributed by atoms with van der Waals surface area (Å²) in [6.07, 6.45) is -6.02. The average Bonchev–Trinajstić information content (AvgIpc) is 3.37. The van der Waals surface area contributed by atoms with Crippen molar-refractivity contribution < 1.29 is 55.7 Å². The van der Waals surface area contributed by atoms with E-state index < -0.39 is 24.3 Å². The Kier molecular flexibility index (Phi) is 10.3. The Morgan fingerprint density at radius 1 is 1.05 bits per heavy atom. The Labute approximate surface area is 208 Å². The first-order valence-corrected chi connectivity index (χ1v) is 11.3. The molecule has 3 atom stereocenters. The highest BCUT2D eigenvalue weighted by atomic mass is 19.4. The van der Waals surface area contributed by atoms with Gasteiger partial charge in [-0.15, -0.1) is 0 Å². The van der Waals surface area contributed by atoms with Crippen LogP contribution >= 0.6 is 0 Å². The van der Waals surface area contributed by atoms with Crippen molar-refractivity contribution in [3.8, 4) is 0 Å². The van der Waals surface area contributed by atoms with Gasteiger partial charge < -0.3 is 19.8 Å². The maximum Gasteiger partial charge on any atom is 0.490 e. The predicted octanol–water partition coefficient (Wildman–Crippen LogP) is 3.01. The molecule has 0 bridgehead atoms. The molecular weight excluding hydrogens is 516 g/mol. The van der Waals surface area contributed by atoms with Crippen molar-refractivity contribution in [1.29, 1.82) is 0 Å². The molecular formula is C22H27F6N3O6. The molecule has 3 aliphatic rings. The van der Waals surface area contributed by atoms with Crippen LogP contribution in [0, 0.1) is 6.92 Å². The Morgan fingerprint density at radius 2 is 1.65 bits per heavy atom. The highest BCUT2D eigenvalue weighted by Crippen LogP contribution is 2.34. The van der Waals surface area contributed by atoms with Gasteiger partial charge in [0.1, 0.15) is 0 Å². The van der Waals surface area contributed by atoms with E-state index in [0.717, 1.165) is 56.9 Å². The summed E-state index contributed by atoms with van der Waals surface area (Å²) in [6, 6.07) is 6.85. The largest absolute Gasteiger partial charge is 0.490 e. The number of carboxylic acids is 2. The number of hydrogen-bond acceptors (Lipinski definition) is 6. The number of aromatic nitrogens is 1. The van der Waals surface area contributed by atoms with E-state index in [1.807, 2.05) is 13.0 Å². The molecule has 0 unspecified atom stereocenters. The van der Waals surface area contributed by atoms with E-state index in [-0.39, 0.29) is 12.1 Å². The minimum atomic E-state index is -5.08. The topological polar surface area (TPSA) is 120 Å². The average molecular weight is 543 g/mol. The molecule has 1 aromatic rings. The number of aliphatic carboxylic acids is 2. The van der Waals surface area contributed by atoms with E-state index in [1.54, 1.807) is 0 Å². The number of fused-ring (bicyclic) bond motifs is 1. The first-order valence-electron chi connectivity index (χ1n) is 11.3. The van der Waals surface area contributed by atoms with Crippen molar-refractivity contribution in [2.45, 2.75) is 69.7 Å². The van der Waals surface area contributed by atoms with Crippen LogP contribution in [0.5, 0.6) is 0 Å². The molecule has 2 N–H and O–H groups in total. The van der Waals surface area contributed by atoms with Gasteiger partial charge in [0.15, 0.2) is 0 Å². The Bertz CT molecular complexity index is 934. The maximum atomic E-state index is 12.2. The van der Waals surface area contributed by atoms with Gasteiger partial charge in [-0.2, -0.15) is 26.3 Å². The fourth-order valence-corrected chi connectivity index (χ4v) is 4.40. The summed E-state index contributed by atoms with van der Waals surface area (Å²) >= 11 is 0. The third kappa shape index (κ3) is 8.84. The van der Waals surface area contributed by atoms with Crippen molar-refractivity contribution in [3.05, 3.63) is 29.6 Å². The zero-order valence-electron chi connectivity index (χ0n) is 19.8. The number of carbonyl (C=O) groups excluding carboxylic acids is 1. The molecule has 1 aromatic heterocycles. The molecule has 9 nitrogen and oxygen atoms in total. The molecule has 0 aliphatic carbocycles. The Balaban J connectivity index is 0.000000286. The van der Waals surface area contributed by atoms with Gasteiger partial charge in [-0.3, -0.25) is 14.7 Å². The van der Waals surface area contributed by atoms with Crippen LogP contribution in [0.4, 0.5) is 26.3 Å². The lowest BCUT2D eigenvalue weighted by molar-refractivity contribution is -0.193. The second-order valence-electron chi connectivity index (χ2n) is 8.61. The van der Waals surface area contributed by atoms with Crippen molar-refractivity contribution in [1.82, 2.24) is 14.8 Å². The van der Waals surface area contributed by atoms with Crippen molar-refractivity contribution in [2.75, 3.05) is 19.7 Å². The number of carboxylic acid groups (broad SMARTS) is 2. The van der Waals surface area contributed by atoms with E-state index in [2.05, 4.69) is 26.9 Å². The number of carbonyl (C=O) groups is 3. The summed E-state index contributed by atoms with van der Waals surface area (Å²) < 4.78 is 69.6. The first-order chi connectivity index (χ1) is 17.1. The van der Waals surface area contributed by atoms with E-state index >= 15 is 0 Å². The number of halogens is 6. The summed E-state index contributed by atoms with van der Waals surface area (Å²) in [4.78, 5) is 39.2. The molecule has 0 saturated carbocycles. The van der Waals surface area contributed by atoms with E-state index in [0.29, 0.717) is 18.4 Å². The van der Waals surface area contributed by atoms with Gasteiger partial charge in [0.05, 0.1) is 17.8 Å². The monoisotopic (exact) mass is 543 g/mol. The Hall–Kier alpha value is -2.94. The van der Waals surface area contributed by atoms with Gasteiger partial charge in [0.2, 0.25) is 5.91 Å². The number of amides is 1. The fourth-order valence-electron chi connectivity index (χ4n) is 4.40. The number of alkyl halides is 6. The molecule has 0 aromatic carbocycles. The predicted molar refractivity (Wildman–Crippen MR) is 114 cm³/mol. The number of aryl methyl sites for hydroxylation is 1. The minimum Gasteiger partial charge on any atom is -0.475 e. The number of nitrogens with zero attached hydrogens (tertiary/aromatic N) is 3. The standard InChI is InChI=1S/C18H25N3O2.2C2HF3O2/c1-13-5-2-6-14(19-13)11-20-12-16(21-9-3-8-17(21)22)18-15(20)7-4-10-23-18;2*3-2(4,5)1(6)7/h2,5-6,15-16,18H,3-4,7-12H2,1H3;2*(H,6,7)/t15-,16-,18+;;/m0../s1. The van der Waals surface area contributed by atoms with Crippen LogP contribution in [0.3, 0.4) is 0 Å². The van der Waals surface area contributed by atoms with Crippen molar-refractivity contribution in [2.24, 2.45) is 0 Å². The fraction of sp³-hybridized carbons (Fsp3) is 0.636. The molecule has 1 amide bonds. The van der Waals surface area contributed by atoms with Crippen molar-refractivity contribution in [3.63, 3.8) is 0 Å². The molecule has 4 rings (SSSR count). The molecule has 208 valence electrons.